The van der Waals surface area contributed by atoms with Crippen molar-refractivity contribution in [1.82, 2.24) is 24.2 Å². The molecule has 1 N–H and O–H groups in total. The highest BCUT2D eigenvalue weighted by atomic mass is 32.2. The summed E-state index contributed by atoms with van der Waals surface area (Å²) in [7, 11) is -0.953. The van der Waals surface area contributed by atoms with E-state index in [9.17, 15) is 18.3 Å². The van der Waals surface area contributed by atoms with Crippen LogP contribution in [0, 0.1) is 5.92 Å². The van der Waals surface area contributed by atoms with Crippen molar-refractivity contribution < 1.29 is 27.8 Å². The molecular formula is C23H35N5O6S. The standard InChI is InChI=1S/C23H35N5O6S/c1-17-12-28(18(2)15-29)23(30)10-7-11-27-13-19(24-25-27)16-34-21(17)14-26(3)35(31,32)22-9-6-5-8-20(22)33-4/h5-6,8-9,13,17-18,21,29H,7,10-12,14-16H2,1-4H3/t17-,18+,21-/m1/s1. The van der Waals surface area contributed by atoms with E-state index in [1.54, 1.807) is 40.9 Å². The van der Waals surface area contributed by atoms with Crippen LogP contribution in [0.15, 0.2) is 35.4 Å². The molecule has 3 atom stereocenters. The summed E-state index contributed by atoms with van der Waals surface area (Å²) in [6, 6.07) is 6.08. The van der Waals surface area contributed by atoms with Crippen LogP contribution in [-0.2, 0) is 32.7 Å². The Kier molecular flexibility index (Phi) is 9.22. The minimum atomic E-state index is -3.87. The number of carbonyl (C=O) groups excluding carboxylic acids is 1. The van der Waals surface area contributed by atoms with Crippen LogP contribution < -0.4 is 4.74 Å². The number of methoxy groups -OCH3 is 1. The number of nitrogens with zero attached hydrogens (tertiary/aromatic N) is 5. The van der Waals surface area contributed by atoms with Crippen molar-refractivity contribution in [1.29, 1.82) is 0 Å². The van der Waals surface area contributed by atoms with Gasteiger partial charge in [-0.25, -0.2) is 8.42 Å². The maximum atomic E-state index is 13.4. The Labute approximate surface area is 206 Å². The van der Waals surface area contributed by atoms with Gasteiger partial charge in [-0.15, -0.1) is 5.10 Å². The molecule has 1 aromatic heterocycles. The molecule has 11 nitrogen and oxygen atoms in total. The molecule has 0 spiro atoms. The number of sulfonamides is 1. The van der Waals surface area contributed by atoms with E-state index in [1.165, 1.54) is 24.5 Å². The zero-order valence-corrected chi connectivity index (χ0v) is 21.5. The van der Waals surface area contributed by atoms with Crippen molar-refractivity contribution in [2.45, 2.75) is 56.9 Å². The van der Waals surface area contributed by atoms with Crippen LogP contribution >= 0.6 is 0 Å². The number of benzene rings is 1. The molecule has 0 aliphatic carbocycles. The normalized spacial score (nSPS) is 21.2. The van der Waals surface area contributed by atoms with E-state index in [4.69, 9.17) is 9.47 Å². The summed E-state index contributed by atoms with van der Waals surface area (Å²) in [5.41, 5.74) is 0.628. The fourth-order valence-electron chi connectivity index (χ4n) is 4.04. The van der Waals surface area contributed by atoms with Gasteiger partial charge in [0.05, 0.1) is 38.7 Å². The average molecular weight is 510 g/mol. The summed E-state index contributed by atoms with van der Waals surface area (Å²) in [4.78, 5) is 14.7. The Hall–Kier alpha value is -2.54. The second-order valence-electron chi connectivity index (χ2n) is 8.92. The molecule has 0 unspecified atom stereocenters. The van der Waals surface area contributed by atoms with Gasteiger partial charge in [-0.05, 0) is 25.5 Å². The van der Waals surface area contributed by atoms with Crippen molar-refractivity contribution in [3.05, 3.63) is 36.2 Å². The van der Waals surface area contributed by atoms with Gasteiger partial charge in [0, 0.05) is 39.0 Å². The van der Waals surface area contributed by atoms with Gasteiger partial charge in [-0.1, -0.05) is 24.3 Å². The lowest BCUT2D eigenvalue weighted by Gasteiger charge is -2.35. The number of ether oxygens (including phenoxy) is 2. The number of aryl methyl sites for hydroxylation is 1. The van der Waals surface area contributed by atoms with Crippen LogP contribution in [0.5, 0.6) is 5.75 Å². The summed E-state index contributed by atoms with van der Waals surface area (Å²) in [5, 5.41) is 17.9. The van der Waals surface area contributed by atoms with Gasteiger partial charge in [0.2, 0.25) is 15.9 Å². The maximum absolute atomic E-state index is 13.4. The van der Waals surface area contributed by atoms with E-state index in [0.717, 1.165) is 0 Å². The van der Waals surface area contributed by atoms with E-state index >= 15 is 0 Å². The highest BCUT2D eigenvalue weighted by molar-refractivity contribution is 7.89. The lowest BCUT2D eigenvalue weighted by molar-refractivity contribution is -0.136. The fourth-order valence-corrected chi connectivity index (χ4v) is 5.38. The molecule has 3 rings (SSSR count). The largest absolute Gasteiger partial charge is 0.495 e. The molecule has 0 fully saturated rings. The molecule has 1 aliphatic heterocycles. The van der Waals surface area contributed by atoms with Crippen molar-refractivity contribution >= 4 is 15.9 Å². The molecule has 194 valence electrons. The Bertz CT molecular complexity index is 1090. The first-order valence-electron chi connectivity index (χ1n) is 11.7. The van der Waals surface area contributed by atoms with Crippen molar-refractivity contribution in [3.8, 4) is 5.75 Å². The molecule has 0 saturated heterocycles. The minimum Gasteiger partial charge on any atom is -0.495 e. The molecule has 1 aliphatic rings. The van der Waals surface area contributed by atoms with Crippen molar-refractivity contribution in [3.63, 3.8) is 0 Å². The first kappa shape index (κ1) is 27.1. The molecule has 1 amide bonds. The van der Waals surface area contributed by atoms with Gasteiger partial charge in [0.25, 0.3) is 0 Å². The third-order valence-corrected chi connectivity index (χ3v) is 8.10. The number of hydrogen-bond donors (Lipinski definition) is 1. The zero-order chi connectivity index (χ0) is 25.6. The van der Waals surface area contributed by atoms with E-state index < -0.39 is 16.1 Å². The number of para-hydroxylation sites is 1. The second-order valence-corrected chi connectivity index (χ2v) is 10.9. The van der Waals surface area contributed by atoms with Crippen LogP contribution in [0.2, 0.25) is 0 Å². The summed E-state index contributed by atoms with van der Waals surface area (Å²) >= 11 is 0. The third-order valence-electron chi connectivity index (χ3n) is 6.24. The van der Waals surface area contributed by atoms with Crippen molar-refractivity contribution in [2.75, 3.05) is 33.9 Å². The van der Waals surface area contributed by atoms with Crippen LogP contribution in [0.4, 0.5) is 0 Å². The van der Waals surface area contributed by atoms with E-state index in [-0.39, 0.29) is 48.3 Å². The number of hydrogen-bond acceptors (Lipinski definition) is 8. The Morgan fingerprint density at radius 3 is 2.80 bits per heavy atom. The zero-order valence-electron chi connectivity index (χ0n) is 20.7. The number of aromatic nitrogens is 3. The van der Waals surface area contributed by atoms with Crippen molar-refractivity contribution in [2.24, 2.45) is 5.92 Å². The Morgan fingerprint density at radius 1 is 1.34 bits per heavy atom. The number of fused-ring (bicyclic) bond motifs is 2. The monoisotopic (exact) mass is 509 g/mol. The minimum absolute atomic E-state index is 0.0468. The molecule has 1 aromatic carbocycles. The average Bonchev–Trinajstić information content (AvgIpc) is 3.31. The Balaban J connectivity index is 1.88. The number of rotatable bonds is 7. The number of likely N-dealkylation sites (N-methyl/N-ethyl adjacent to an activating group) is 1. The lowest BCUT2D eigenvalue weighted by Crippen LogP contribution is -2.47. The van der Waals surface area contributed by atoms with Crippen LogP contribution in [-0.4, -0.2) is 89.6 Å². The molecule has 2 aromatic rings. The van der Waals surface area contributed by atoms with Crippen LogP contribution in [0.25, 0.3) is 0 Å². The molecular weight excluding hydrogens is 474 g/mol. The van der Waals surface area contributed by atoms with Gasteiger partial charge >= 0.3 is 0 Å². The summed E-state index contributed by atoms with van der Waals surface area (Å²) in [5.74, 6) is -0.0563. The maximum Gasteiger partial charge on any atom is 0.246 e. The SMILES string of the molecule is COc1ccccc1S(=O)(=O)N(C)C[C@H]1OCc2cn(nn2)CCCC(=O)N([C@@H](C)CO)C[C@H]1C. The number of aliphatic hydroxyl groups excluding tert-OH is 1. The molecule has 0 radical (unpaired) electrons. The highest BCUT2D eigenvalue weighted by Gasteiger charge is 2.32. The molecule has 12 heteroatoms. The number of aliphatic hydroxyl groups is 1. The molecule has 2 bridgehead atoms. The predicted molar refractivity (Wildman–Crippen MR) is 128 cm³/mol. The summed E-state index contributed by atoms with van der Waals surface area (Å²) in [6.45, 7) is 4.59. The topological polar surface area (TPSA) is 127 Å². The molecule has 2 heterocycles. The van der Waals surface area contributed by atoms with Gasteiger partial charge in [-0.2, -0.15) is 4.31 Å². The van der Waals surface area contributed by atoms with Gasteiger partial charge in [0.15, 0.2) is 0 Å². The summed E-state index contributed by atoms with van der Waals surface area (Å²) < 4.78 is 41.0. The van der Waals surface area contributed by atoms with E-state index in [2.05, 4.69) is 10.3 Å². The molecule has 35 heavy (non-hydrogen) atoms. The van der Waals surface area contributed by atoms with E-state index in [0.29, 0.717) is 31.6 Å². The smallest absolute Gasteiger partial charge is 0.246 e. The molecule has 0 saturated carbocycles. The van der Waals surface area contributed by atoms with Crippen LogP contribution in [0.1, 0.15) is 32.4 Å². The quantitative estimate of drug-likeness (QED) is 0.589. The third kappa shape index (κ3) is 6.57. The van der Waals surface area contributed by atoms with Gasteiger partial charge < -0.3 is 19.5 Å². The summed E-state index contributed by atoms with van der Waals surface area (Å²) in [6.07, 6.45) is 2.11. The second kappa shape index (κ2) is 11.9. The van der Waals surface area contributed by atoms with Gasteiger partial charge in [0.1, 0.15) is 16.3 Å². The number of amides is 1. The lowest BCUT2D eigenvalue weighted by atomic mass is 10.0. The fraction of sp³-hybridized carbons (Fsp3) is 0.609. The first-order valence-corrected chi connectivity index (χ1v) is 13.1. The highest BCUT2D eigenvalue weighted by Crippen LogP contribution is 2.27. The number of carbonyl (C=O) groups is 1. The van der Waals surface area contributed by atoms with E-state index in [1.807, 2.05) is 6.92 Å². The Morgan fingerprint density at radius 2 is 2.09 bits per heavy atom. The van der Waals surface area contributed by atoms with Crippen LogP contribution in [0.3, 0.4) is 0 Å². The predicted octanol–water partition coefficient (Wildman–Crippen LogP) is 1.13. The first-order chi connectivity index (χ1) is 16.7. The van der Waals surface area contributed by atoms with Gasteiger partial charge in [-0.3, -0.25) is 9.48 Å².